The summed E-state index contributed by atoms with van der Waals surface area (Å²) in [4.78, 5) is 0. The van der Waals surface area contributed by atoms with Gasteiger partial charge in [-0.05, 0) is 79.8 Å². The van der Waals surface area contributed by atoms with E-state index in [1.807, 2.05) is 24.3 Å². The number of azo groups is 1. The molecule has 230 valence electrons. The molecule has 0 heterocycles. The van der Waals surface area contributed by atoms with Crippen LogP contribution in [0.4, 0.5) is 0 Å². The maximum absolute atomic E-state index is 12.7. The van der Waals surface area contributed by atoms with E-state index in [-0.39, 0.29) is 12.0 Å². The maximum atomic E-state index is 12.7. The van der Waals surface area contributed by atoms with Crippen molar-refractivity contribution >= 4 is 10.0 Å². The Morgan fingerprint density at radius 2 is 1.45 bits per heavy atom. The van der Waals surface area contributed by atoms with Gasteiger partial charge in [-0.3, -0.25) is 0 Å². The van der Waals surface area contributed by atoms with Crippen molar-refractivity contribution in [2.45, 2.75) is 74.5 Å². The van der Waals surface area contributed by atoms with Crippen LogP contribution in [0.3, 0.4) is 0 Å². The minimum absolute atomic E-state index is 0.0278. The zero-order valence-electron chi connectivity index (χ0n) is 25.3. The molecule has 0 spiro atoms. The lowest BCUT2D eigenvalue weighted by Gasteiger charge is -2.31. The third-order valence-electron chi connectivity index (χ3n) is 8.41. The van der Waals surface area contributed by atoms with E-state index < -0.39 is 20.7 Å². The first-order valence-electron chi connectivity index (χ1n) is 14.3. The van der Waals surface area contributed by atoms with Crippen molar-refractivity contribution in [3.05, 3.63) is 47.5 Å². The van der Waals surface area contributed by atoms with E-state index in [0.29, 0.717) is 48.7 Å². The highest BCUT2D eigenvalue weighted by atomic mass is 32.2. The number of benzene rings is 2. The Kier molecular flexibility index (Phi) is 12.0. The van der Waals surface area contributed by atoms with Gasteiger partial charge in [-0.2, -0.15) is 15.5 Å². The molecule has 1 aliphatic rings. The Hall–Kier alpha value is -3.36. The molecule has 0 radical (unpaired) electrons. The van der Waals surface area contributed by atoms with E-state index in [2.05, 4.69) is 16.3 Å². The maximum Gasteiger partial charge on any atom is 0.212 e. The number of ether oxygens (including phenoxy) is 4. The van der Waals surface area contributed by atoms with Gasteiger partial charge in [0.15, 0.2) is 23.0 Å². The van der Waals surface area contributed by atoms with Gasteiger partial charge in [0.2, 0.25) is 10.0 Å². The molecule has 2 aromatic carbocycles. The van der Waals surface area contributed by atoms with Crippen LogP contribution in [0.2, 0.25) is 0 Å². The summed E-state index contributed by atoms with van der Waals surface area (Å²) in [6, 6.07) is 13.2. The van der Waals surface area contributed by atoms with Crippen LogP contribution in [-0.4, -0.2) is 55.2 Å². The van der Waals surface area contributed by atoms with Gasteiger partial charge in [0.05, 0.1) is 45.8 Å². The Morgan fingerprint density at radius 1 is 0.929 bits per heavy atom. The molecule has 2 atom stereocenters. The number of hydrogen-bond acceptors (Lipinski definition) is 9. The summed E-state index contributed by atoms with van der Waals surface area (Å²) in [7, 11) is 4.07. The molecule has 1 saturated carbocycles. The Bertz CT molecular complexity index is 1300. The summed E-state index contributed by atoms with van der Waals surface area (Å²) in [6.45, 7) is 0. The van der Waals surface area contributed by atoms with Crippen molar-refractivity contribution in [3.63, 3.8) is 0 Å². The molecule has 0 saturated heterocycles. The molecule has 11 heteroatoms. The van der Waals surface area contributed by atoms with Gasteiger partial charge in [-0.1, -0.05) is 31.4 Å². The monoisotopic (exact) mass is 600 g/mol. The molecule has 0 aliphatic heterocycles. The lowest BCUT2D eigenvalue weighted by Crippen LogP contribution is -2.38. The first kappa shape index (κ1) is 33.1. The second-order valence-electron chi connectivity index (χ2n) is 10.8. The van der Waals surface area contributed by atoms with Crippen LogP contribution in [0.5, 0.6) is 23.0 Å². The topological polar surface area (TPSA) is 146 Å². The van der Waals surface area contributed by atoms with Gasteiger partial charge < -0.3 is 18.9 Å². The highest BCUT2D eigenvalue weighted by molar-refractivity contribution is 7.89. The fraction of sp³-hybridized carbons (Fsp3) is 0.581. The summed E-state index contributed by atoms with van der Waals surface area (Å²) < 4.78 is 47.3. The highest BCUT2D eigenvalue weighted by Crippen LogP contribution is 2.43. The van der Waals surface area contributed by atoms with E-state index in [1.54, 1.807) is 47.6 Å². The molecule has 3 rings (SSSR count). The largest absolute Gasteiger partial charge is 0.493 e. The number of methoxy groups -OCH3 is 4. The van der Waals surface area contributed by atoms with Crippen molar-refractivity contribution in [2.24, 2.45) is 21.3 Å². The fourth-order valence-corrected chi connectivity index (χ4v) is 7.50. The molecule has 1 aliphatic carbocycles. The SMILES string of the molecule is CN=NC(CCCC(C#N)(c1ccc(OC)c(OC)c1)c1ccc(OC)c(OC)c1)CC(C1CCCCC1)S(N)(=O)=O. The average Bonchev–Trinajstić information content (AvgIpc) is 3.01. The first-order chi connectivity index (χ1) is 20.2. The third kappa shape index (κ3) is 7.72. The molecule has 42 heavy (non-hydrogen) atoms. The van der Waals surface area contributed by atoms with E-state index in [9.17, 15) is 13.7 Å². The van der Waals surface area contributed by atoms with Crippen molar-refractivity contribution in [1.82, 2.24) is 0 Å². The van der Waals surface area contributed by atoms with Gasteiger partial charge in [0.1, 0.15) is 5.41 Å². The molecule has 1 fully saturated rings. The Balaban J connectivity index is 1.97. The van der Waals surface area contributed by atoms with Crippen LogP contribution in [0.15, 0.2) is 46.6 Å². The lowest BCUT2D eigenvalue weighted by atomic mass is 9.71. The summed E-state index contributed by atoms with van der Waals surface area (Å²) in [5.41, 5.74) is 0.372. The molecule has 10 nitrogen and oxygen atoms in total. The molecule has 0 aromatic heterocycles. The molecule has 0 bridgehead atoms. The van der Waals surface area contributed by atoms with Gasteiger partial charge in [-0.25, -0.2) is 13.6 Å². The van der Waals surface area contributed by atoms with Gasteiger partial charge in [-0.15, -0.1) is 0 Å². The zero-order chi connectivity index (χ0) is 30.8. The molecular formula is C31H44N4O6S. The first-order valence-corrected chi connectivity index (χ1v) is 15.9. The van der Waals surface area contributed by atoms with E-state index >= 15 is 0 Å². The zero-order valence-corrected chi connectivity index (χ0v) is 26.2. The number of nitrogens with zero attached hydrogens (tertiary/aromatic N) is 3. The fourth-order valence-electron chi connectivity index (χ4n) is 6.20. The van der Waals surface area contributed by atoms with Crippen LogP contribution in [-0.2, 0) is 15.4 Å². The van der Waals surface area contributed by atoms with E-state index in [4.69, 9.17) is 24.1 Å². The van der Waals surface area contributed by atoms with E-state index in [1.165, 1.54) is 0 Å². The number of sulfonamides is 1. The Morgan fingerprint density at radius 3 is 1.88 bits per heavy atom. The smallest absolute Gasteiger partial charge is 0.212 e. The minimum atomic E-state index is -3.76. The predicted molar refractivity (Wildman–Crippen MR) is 162 cm³/mol. The van der Waals surface area contributed by atoms with Gasteiger partial charge in [0, 0.05) is 7.05 Å². The third-order valence-corrected chi connectivity index (χ3v) is 9.83. The molecule has 2 aromatic rings. The van der Waals surface area contributed by atoms with E-state index in [0.717, 1.165) is 43.2 Å². The second kappa shape index (κ2) is 15.2. The van der Waals surface area contributed by atoms with Gasteiger partial charge in [0.25, 0.3) is 0 Å². The van der Waals surface area contributed by atoms with Crippen LogP contribution < -0.4 is 24.1 Å². The number of primary sulfonamides is 1. The van der Waals surface area contributed by atoms with Crippen LogP contribution in [0.25, 0.3) is 0 Å². The minimum Gasteiger partial charge on any atom is -0.493 e. The number of nitriles is 1. The lowest BCUT2D eigenvalue weighted by molar-refractivity contribution is 0.317. The molecular weight excluding hydrogens is 556 g/mol. The summed E-state index contributed by atoms with van der Waals surface area (Å²) in [5, 5.41) is 24.3. The number of rotatable bonds is 15. The van der Waals surface area contributed by atoms with Crippen LogP contribution in [0.1, 0.15) is 68.9 Å². The second-order valence-corrected chi connectivity index (χ2v) is 12.6. The summed E-state index contributed by atoms with van der Waals surface area (Å²) in [5.74, 6) is 2.16. The number of nitrogens with two attached hydrogens (primary N) is 1. The van der Waals surface area contributed by atoms with Crippen molar-refractivity contribution in [1.29, 1.82) is 5.26 Å². The van der Waals surface area contributed by atoms with Crippen molar-refractivity contribution < 1.29 is 27.4 Å². The molecule has 0 amide bonds. The summed E-state index contributed by atoms with van der Waals surface area (Å²) >= 11 is 0. The van der Waals surface area contributed by atoms with Crippen molar-refractivity contribution in [3.8, 4) is 29.1 Å². The summed E-state index contributed by atoms with van der Waals surface area (Å²) in [6.07, 6.45) is 6.70. The standard InChI is InChI=1S/C31H44N4O6S/c1-34-35-25(20-30(42(33,36)37)22-10-7-6-8-11-22)12-9-17-31(21-32,23-13-15-26(38-2)28(18-23)40-4)24-14-16-27(39-3)29(19-24)41-5/h13-16,18-19,22,25,30H,6-12,17,20H2,1-5H3,(H2,33,36,37). The van der Waals surface area contributed by atoms with Crippen LogP contribution >= 0.6 is 0 Å². The molecule has 2 unspecified atom stereocenters. The predicted octanol–water partition coefficient (Wildman–Crippen LogP) is 5.78. The quantitative estimate of drug-likeness (QED) is 0.255. The molecule has 2 N–H and O–H groups in total. The van der Waals surface area contributed by atoms with Crippen LogP contribution in [0, 0.1) is 17.2 Å². The number of hydrogen-bond donors (Lipinski definition) is 1. The normalized spacial score (nSPS) is 16.0. The Labute approximate surface area is 250 Å². The average molecular weight is 601 g/mol. The highest BCUT2D eigenvalue weighted by Gasteiger charge is 2.38. The van der Waals surface area contributed by atoms with Gasteiger partial charge >= 0.3 is 0 Å². The van der Waals surface area contributed by atoms with Crippen molar-refractivity contribution in [2.75, 3.05) is 35.5 Å².